The second-order valence-electron chi connectivity index (χ2n) is 7.83. The molecule has 0 spiro atoms. The molecule has 2 atom stereocenters. The molecule has 2 heteroatoms. The predicted octanol–water partition coefficient (Wildman–Crippen LogP) is 4.27. The molecular formula is C20H29NO. The molecule has 2 aliphatic rings. The number of ketones is 1. The zero-order chi connectivity index (χ0) is 16.5. The van der Waals surface area contributed by atoms with Gasteiger partial charge in [-0.05, 0) is 62.5 Å². The Bertz CT molecular complexity index is 568. The summed E-state index contributed by atoms with van der Waals surface area (Å²) >= 11 is 0. The van der Waals surface area contributed by atoms with Gasteiger partial charge in [-0.15, -0.1) is 0 Å². The molecule has 0 aliphatic heterocycles. The molecule has 22 heavy (non-hydrogen) atoms. The number of Topliss-reactive ketones (excluding diaryl/α,β-unsaturated/α-hetero) is 1. The van der Waals surface area contributed by atoms with Crippen molar-refractivity contribution in [2.45, 2.75) is 33.6 Å². The minimum Gasteiger partial charge on any atom is -0.312 e. The van der Waals surface area contributed by atoms with Gasteiger partial charge in [-0.2, -0.15) is 0 Å². The van der Waals surface area contributed by atoms with Gasteiger partial charge in [-0.25, -0.2) is 0 Å². The lowest BCUT2D eigenvalue weighted by atomic mass is 9.70. The lowest BCUT2D eigenvalue weighted by Gasteiger charge is -2.31. The first-order valence-electron chi connectivity index (χ1n) is 8.12. The molecule has 0 heterocycles. The Morgan fingerprint density at radius 1 is 1.09 bits per heavy atom. The molecule has 1 aromatic rings. The van der Waals surface area contributed by atoms with E-state index in [2.05, 4.69) is 39.0 Å². The van der Waals surface area contributed by atoms with Gasteiger partial charge < -0.3 is 4.90 Å². The number of carbonyl (C=O) groups is 1. The number of benzene rings is 1. The smallest absolute Gasteiger partial charge is 0.165 e. The van der Waals surface area contributed by atoms with Gasteiger partial charge in [-0.3, -0.25) is 4.79 Å². The molecule has 0 saturated heterocycles. The summed E-state index contributed by atoms with van der Waals surface area (Å²) in [5.74, 6) is 0.822. The topological polar surface area (TPSA) is 20.3 Å². The standard InChI is InChI=1S/C17H20O.C3H9N/c1-16(2)14-9-10-17(16,3)15(18)13(14)11-12-7-5-4-6-8-12;1-4(2)3/h4-8,11,14H,9-10H2,1-3H3;1-3H3. The molecule has 1 aromatic carbocycles. The van der Waals surface area contributed by atoms with Gasteiger partial charge in [-0.1, -0.05) is 51.1 Å². The molecule has 2 fully saturated rings. The Kier molecular flexibility index (Phi) is 4.62. The quantitative estimate of drug-likeness (QED) is 0.722. The van der Waals surface area contributed by atoms with E-state index in [0.717, 1.165) is 24.0 Å². The van der Waals surface area contributed by atoms with E-state index < -0.39 is 0 Å². The fraction of sp³-hybridized carbons (Fsp3) is 0.550. The van der Waals surface area contributed by atoms with Crippen LogP contribution >= 0.6 is 0 Å². The van der Waals surface area contributed by atoms with E-state index in [1.54, 1.807) is 0 Å². The molecule has 3 rings (SSSR count). The van der Waals surface area contributed by atoms with Gasteiger partial charge in [0, 0.05) is 5.41 Å². The second kappa shape index (κ2) is 6.00. The molecule has 2 nitrogen and oxygen atoms in total. The van der Waals surface area contributed by atoms with Crippen LogP contribution in [0.3, 0.4) is 0 Å². The Labute approximate surface area is 135 Å². The highest BCUT2D eigenvalue weighted by Crippen LogP contribution is 2.65. The highest BCUT2D eigenvalue weighted by molar-refractivity contribution is 6.07. The highest BCUT2D eigenvalue weighted by Gasteiger charge is 2.63. The van der Waals surface area contributed by atoms with Crippen molar-refractivity contribution in [2.75, 3.05) is 21.1 Å². The maximum Gasteiger partial charge on any atom is 0.165 e. The summed E-state index contributed by atoms with van der Waals surface area (Å²) in [6, 6.07) is 10.2. The highest BCUT2D eigenvalue weighted by atomic mass is 16.1. The first-order valence-corrected chi connectivity index (χ1v) is 8.12. The summed E-state index contributed by atoms with van der Waals surface area (Å²) < 4.78 is 0. The van der Waals surface area contributed by atoms with E-state index in [1.807, 2.05) is 44.2 Å². The van der Waals surface area contributed by atoms with Crippen LogP contribution in [0, 0.1) is 16.7 Å². The molecule has 0 N–H and O–H groups in total. The average molecular weight is 299 g/mol. The third kappa shape index (κ3) is 2.77. The molecular weight excluding hydrogens is 270 g/mol. The first kappa shape index (κ1) is 17.0. The number of allylic oxidation sites excluding steroid dienone is 1. The maximum atomic E-state index is 12.6. The minimum atomic E-state index is -0.141. The van der Waals surface area contributed by atoms with Gasteiger partial charge in [0.25, 0.3) is 0 Å². The van der Waals surface area contributed by atoms with Crippen molar-refractivity contribution in [3.63, 3.8) is 0 Å². The van der Waals surface area contributed by atoms with Gasteiger partial charge in [0.2, 0.25) is 0 Å². The maximum absolute atomic E-state index is 12.6. The summed E-state index contributed by atoms with van der Waals surface area (Å²) in [5, 5.41) is 0. The number of carbonyl (C=O) groups excluding carboxylic acids is 1. The molecule has 0 radical (unpaired) electrons. The summed E-state index contributed by atoms with van der Waals surface area (Å²) in [4.78, 5) is 14.6. The average Bonchev–Trinajstić information content (AvgIpc) is 2.74. The van der Waals surface area contributed by atoms with E-state index in [4.69, 9.17) is 0 Å². The molecule has 0 amide bonds. The van der Waals surface area contributed by atoms with Crippen LogP contribution in [0.4, 0.5) is 0 Å². The van der Waals surface area contributed by atoms with Gasteiger partial charge in [0.05, 0.1) is 0 Å². The lowest BCUT2D eigenvalue weighted by molar-refractivity contribution is -0.125. The van der Waals surface area contributed by atoms with Crippen molar-refractivity contribution in [3.05, 3.63) is 41.5 Å². The summed E-state index contributed by atoms with van der Waals surface area (Å²) in [5.41, 5.74) is 2.18. The van der Waals surface area contributed by atoms with Crippen LogP contribution in [0.1, 0.15) is 39.2 Å². The number of hydrogen-bond donors (Lipinski definition) is 0. The molecule has 2 bridgehead atoms. The molecule has 0 aromatic heterocycles. The van der Waals surface area contributed by atoms with E-state index in [9.17, 15) is 4.79 Å². The summed E-state index contributed by atoms with van der Waals surface area (Å²) in [7, 11) is 6.00. The number of rotatable bonds is 1. The summed E-state index contributed by atoms with van der Waals surface area (Å²) in [6.07, 6.45) is 4.32. The first-order chi connectivity index (χ1) is 10.2. The molecule has 120 valence electrons. The fourth-order valence-corrected chi connectivity index (χ4v) is 3.82. The van der Waals surface area contributed by atoms with Crippen LogP contribution < -0.4 is 0 Å². The van der Waals surface area contributed by atoms with Crippen molar-refractivity contribution in [2.24, 2.45) is 16.7 Å². The van der Waals surface area contributed by atoms with E-state index in [0.29, 0.717) is 11.7 Å². The van der Waals surface area contributed by atoms with Gasteiger partial charge >= 0.3 is 0 Å². The predicted molar refractivity (Wildman–Crippen MR) is 93.6 cm³/mol. The summed E-state index contributed by atoms with van der Waals surface area (Å²) in [6.45, 7) is 6.67. The van der Waals surface area contributed by atoms with Crippen LogP contribution in [-0.4, -0.2) is 31.8 Å². The van der Waals surface area contributed by atoms with Crippen molar-refractivity contribution in [1.29, 1.82) is 0 Å². The van der Waals surface area contributed by atoms with Gasteiger partial charge in [0.1, 0.15) is 0 Å². The van der Waals surface area contributed by atoms with E-state index in [-0.39, 0.29) is 10.8 Å². The molecule has 2 aliphatic carbocycles. The van der Waals surface area contributed by atoms with Crippen molar-refractivity contribution >= 4 is 11.9 Å². The fourth-order valence-electron chi connectivity index (χ4n) is 3.82. The third-order valence-corrected chi connectivity index (χ3v) is 5.49. The lowest BCUT2D eigenvalue weighted by Crippen LogP contribution is -2.32. The van der Waals surface area contributed by atoms with Crippen molar-refractivity contribution in [1.82, 2.24) is 4.90 Å². The molecule has 2 unspecified atom stereocenters. The Hall–Kier alpha value is -1.41. The second-order valence-corrected chi connectivity index (χ2v) is 7.83. The van der Waals surface area contributed by atoms with Crippen LogP contribution in [0.2, 0.25) is 0 Å². The van der Waals surface area contributed by atoms with Crippen LogP contribution in [-0.2, 0) is 4.79 Å². The normalized spacial score (nSPS) is 30.6. The van der Waals surface area contributed by atoms with Crippen LogP contribution in [0.25, 0.3) is 6.08 Å². The third-order valence-electron chi connectivity index (χ3n) is 5.49. The van der Waals surface area contributed by atoms with E-state index in [1.165, 1.54) is 0 Å². The SMILES string of the molecule is CC12CCC(C(=Cc3ccccc3)C1=O)C2(C)C.CN(C)C. The van der Waals surface area contributed by atoms with E-state index >= 15 is 0 Å². The largest absolute Gasteiger partial charge is 0.312 e. The number of nitrogens with zero attached hydrogens (tertiary/aromatic N) is 1. The zero-order valence-corrected chi connectivity index (χ0v) is 14.8. The monoisotopic (exact) mass is 299 g/mol. The molecule has 2 saturated carbocycles. The van der Waals surface area contributed by atoms with Crippen LogP contribution in [0.5, 0.6) is 0 Å². The Morgan fingerprint density at radius 3 is 2.09 bits per heavy atom. The van der Waals surface area contributed by atoms with Crippen molar-refractivity contribution in [3.8, 4) is 0 Å². The minimum absolute atomic E-state index is 0.116. The van der Waals surface area contributed by atoms with Crippen LogP contribution in [0.15, 0.2) is 35.9 Å². The Balaban J connectivity index is 0.000000396. The van der Waals surface area contributed by atoms with Gasteiger partial charge in [0.15, 0.2) is 5.78 Å². The Morgan fingerprint density at radius 2 is 1.64 bits per heavy atom. The number of fused-ring (bicyclic) bond motifs is 2. The van der Waals surface area contributed by atoms with Crippen molar-refractivity contribution < 1.29 is 4.79 Å². The number of hydrogen-bond acceptors (Lipinski definition) is 2. The zero-order valence-electron chi connectivity index (χ0n) is 14.8.